The minimum absolute atomic E-state index is 0.327. The molecule has 0 atom stereocenters. The van der Waals surface area contributed by atoms with E-state index in [1.807, 2.05) is 13.8 Å². The van der Waals surface area contributed by atoms with Crippen LogP contribution in [0, 0.1) is 0 Å². The van der Waals surface area contributed by atoms with Crippen LogP contribution in [0.5, 0.6) is 0 Å². The van der Waals surface area contributed by atoms with Crippen LogP contribution in [0.3, 0.4) is 0 Å². The Bertz CT molecular complexity index is 112. The van der Waals surface area contributed by atoms with Gasteiger partial charge in [0.2, 0.25) is 0 Å². The van der Waals surface area contributed by atoms with Gasteiger partial charge in [-0.3, -0.25) is 0 Å². The van der Waals surface area contributed by atoms with Crippen molar-refractivity contribution < 1.29 is 5.11 Å². The molecule has 0 bridgehead atoms. The summed E-state index contributed by atoms with van der Waals surface area (Å²) in [6.45, 7) is 13.5. The van der Waals surface area contributed by atoms with Gasteiger partial charge in [-0.1, -0.05) is 20.8 Å². The number of aliphatic hydroxyl groups excluding tert-OH is 1. The van der Waals surface area contributed by atoms with Crippen LogP contribution in [-0.2, 0) is 0 Å². The molecule has 0 aliphatic carbocycles. The van der Waals surface area contributed by atoms with Crippen LogP contribution < -0.4 is 0 Å². The first-order valence-electron chi connectivity index (χ1n) is 5.92. The van der Waals surface area contributed by atoms with Crippen LogP contribution in [0.4, 0.5) is 0 Å². The second kappa shape index (κ2) is 9.44. The molecular formula is C11H26N2O. The van der Waals surface area contributed by atoms with E-state index in [1.54, 1.807) is 0 Å². The lowest BCUT2D eigenvalue weighted by molar-refractivity contribution is 0.129. The van der Waals surface area contributed by atoms with Crippen LogP contribution in [0.15, 0.2) is 0 Å². The predicted molar refractivity (Wildman–Crippen MR) is 61.6 cm³/mol. The lowest BCUT2D eigenvalue weighted by Crippen LogP contribution is -2.46. The van der Waals surface area contributed by atoms with Crippen LogP contribution in [0.2, 0.25) is 0 Å². The summed E-state index contributed by atoms with van der Waals surface area (Å²) < 4.78 is 0. The van der Waals surface area contributed by atoms with Gasteiger partial charge in [-0.25, -0.2) is 0 Å². The highest BCUT2D eigenvalue weighted by molar-refractivity contribution is 4.70. The molecule has 0 radical (unpaired) electrons. The van der Waals surface area contributed by atoms with Gasteiger partial charge in [0.1, 0.15) is 0 Å². The van der Waals surface area contributed by atoms with Crippen LogP contribution >= 0.6 is 0 Å². The second-order valence-electron chi connectivity index (χ2n) is 3.35. The molecule has 0 amide bonds. The summed E-state index contributed by atoms with van der Waals surface area (Å²) in [5.74, 6) is 0. The van der Waals surface area contributed by atoms with Gasteiger partial charge in [0.05, 0.1) is 0 Å². The first-order chi connectivity index (χ1) is 6.86. The number of hydrogen-bond donors (Lipinski definition) is 1. The Morgan fingerprint density at radius 1 is 1.00 bits per heavy atom. The maximum Gasteiger partial charge on any atom is 0.0443 e. The van der Waals surface area contributed by atoms with Gasteiger partial charge < -0.3 is 14.9 Å². The van der Waals surface area contributed by atoms with Crippen molar-refractivity contribution in [1.82, 2.24) is 9.80 Å². The van der Waals surface area contributed by atoms with E-state index >= 15 is 0 Å². The lowest BCUT2D eigenvalue weighted by Gasteiger charge is -2.33. The van der Waals surface area contributed by atoms with Gasteiger partial charge in [-0.05, 0) is 13.0 Å². The molecule has 1 N–H and O–H groups in total. The number of hydrogen-bond acceptors (Lipinski definition) is 3. The van der Waals surface area contributed by atoms with E-state index in [0.29, 0.717) is 6.61 Å². The molecule has 3 heteroatoms. The summed E-state index contributed by atoms with van der Waals surface area (Å²) in [5.41, 5.74) is 0. The van der Waals surface area contributed by atoms with E-state index in [9.17, 15) is 0 Å². The molecule has 0 saturated carbocycles. The SMILES string of the molecule is CC.CCN1CCN(CCCO)CC1. The molecule has 1 fully saturated rings. The lowest BCUT2D eigenvalue weighted by atomic mass is 10.3. The molecule has 0 aromatic rings. The maximum absolute atomic E-state index is 8.66. The third-order valence-electron chi connectivity index (χ3n) is 2.54. The van der Waals surface area contributed by atoms with E-state index in [4.69, 9.17) is 5.11 Å². The number of aliphatic hydroxyl groups is 1. The zero-order chi connectivity index (χ0) is 10.8. The second-order valence-corrected chi connectivity index (χ2v) is 3.35. The number of likely N-dealkylation sites (N-methyl/N-ethyl adjacent to an activating group) is 1. The van der Waals surface area contributed by atoms with E-state index in [1.165, 1.54) is 32.7 Å². The first-order valence-corrected chi connectivity index (χ1v) is 5.92. The monoisotopic (exact) mass is 202 g/mol. The minimum atomic E-state index is 0.327. The van der Waals surface area contributed by atoms with Crippen molar-refractivity contribution in [3.8, 4) is 0 Å². The van der Waals surface area contributed by atoms with Gasteiger partial charge in [0.15, 0.2) is 0 Å². The molecule has 1 heterocycles. The van der Waals surface area contributed by atoms with Gasteiger partial charge in [-0.15, -0.1) is 0 Å². The molecule has 1 rings (SSSR count). The van der Waals surface area contributed by atoms with Crippen molar-refractivity contribution in [3.63, 3.8) is 0 Å². The average molecular weight is 202 g/mol. The topological polar surface area (TPSA) is 26.7 Å². The van der Waals surface area contributed by atoms with E-state index < -0.39 is 0 Å². The summed E-state index contributed by atoms with van der Waals surface area (Å²) in [6, 6.07) is 0. The number of piperazine rings is 1. The Kier molecular flexibility index (Phi) is 9.35. The Morgan fingerprint density at radius 3 is 1.93 bits per heavy atom. The molecule has 0 aromatic heterocycles. The molecule has 86 valence electrons. The van der Waals surface area contributed by atoms with Crippen molar-refractivity contribution in [2.45, 2.75) is 27.2 Å². The fourth-order valence-electron chi connectivity index (χ4n) is 1.62. The zero-order valence-corrected chi connectivity index (χ0v) is 10.00. The summed E-state index contributed by atoms with van der Waals surface area (Å²) in [7, 11) is 0. The highest BCUT2D eigenvalue weighted by Gasteiger charge is 2.13. The number of rotatable bonds is 4. The Labute approximate surface area is 88.7 Å². The van der Waals surface area contributed by atoms with Crippen molar-refractivity contribution in [2.24, 2.45) is 0 Å². The summed E-state index contributed by atoms with van der Waals surface area (Å²) in [4.78, 5) is 4.90. The molecule has 1 aliphatic heterocycles. The first kappa shape index (κ1) is 13.9. The molecule has 1 aliphatic rings. The highest BCUT2D eigenvalue weighted by atomic mass is 16.3. The van der Waals surface area contributed by atoms with E-state index in [0.717, 1.165) is 13.0 Å². The Morgan fingerprint density at radius 2 is 1.50 bits per heavy atom. The highest BCUT2D eigenvalue weighted by Crippen LogP contribution is 2.01. The molecule has 1 saturated heterocycles. The van der Waals surface area contributed by atoms with Crippen LogP contribution in [0.1, 0.15) is 27.2 Å². The quantitative estimate of drug-likeness (QED) is 0.738. The van der Waals surface area contributed by atoms with Crippen molar-refractivity contribution >= 4 is 0 Å². The number of nitrogens with zero attached hydrogens (tertiary/aromatic N) is 2. The average Bonchev–Trinajstić information content (AvgIpc) is 2.30. The summed E-state index contributed by atoms with van der Waals surface area (Å²) >= 11 is 0. The maximum atomic E-state index is 8.66. The van der Waals surface area contributed by atoms with Gasteiger partial charge >= 0.3 is 0 Å². The fourth-order valence-corrected chi connectivity index (χ4v) is 1.62. The van der Waals surface area contributed by atoms with Crippen LogP contribution in [-0.4, -0.2) is 60.8 Å². The van der Waals surface area contributed by atoms with Gasteiger partial charge in [0.25, 0.3) is 0 Å². The molecule has 0 aromatic carbocycles. The van der Waals surface area contributed by atoms with Crippen LogP contribution in [0.25, 0.3) is 0 Å². The zero-order valence-electron chi connectivity index (χ0n) is 10.00. The normalized spacial score (nSPS) is 18.9. The molecular weight excluding hydrogens is 176 g/mol. The largest absolute Gasteiger partial charge is 0.396 e. The standard InChI is InChI=1S/C9H20N2O.C2H6/c1-2-10-5-7-11(8-6-10)4-3-9-12;1-2/h12H,2-9H2,1H3;1-2H3. The van der Waals surface area contributed by atoms with E-state index in [-0.39, 0.29) is 0 Å². The van der Waals surface area contributed by atoms with Crippen molar-refractivity contribution in [1.29, 1.82) is 0 Å². The van der Waals surface area contributed by atoms with Crippen molar-refractivity contribution in [2.75, 3.05) is 45.9 Å². The van der Waals surface area contributed by atoms with Gasteiger partial charge in [-0.2, -0.15) is 0 Å². The third-order valence-corrected chi connectivity index (χ3v) is 2.54. The molecule has 0 spiro atoms. The smallest absolute Gasteiger partial charge is 0.0443 e. The summed E-state index contributed by atoms with van der Waals surface area (Å²) in [6.07, 6.45) is 0.923. The van der Waals surface area contributed by atoms with Gasteiger partial charge in [0, 0.05) is 39.3 Å². The molecule has 0 unspecified atom stereocenters. The van der Waals surface area contributed by atoms with Crippen molar-refractivity contribution in [3.05, 3.63) is 0 Å². The minimum Gasteiger partial charge on any atom is -0.396 e. The summed E-state index contributed by atoms with van der Waals surface area (Å²) in [5, 5.41) is 8.66. The Balaban J connectivity index is 0.000000791. The fraction of sp³-hybridized carbons (Fsp3) is 1.00. The predicted octanol–water partition coefficient (Wildman–Crippen LogP) is 1.03. The van der Waals surface area contributed by atoms with E-state index in [2.05, 4.69) is 16.7 Å². The molecule has 14 heavy (non-hydrogen) atoms. The third kappa shape index (κ3) is 5.58. The Hall–Kier alpha value is -0.120. The molecule has 3 nitrogen and oxygen atoms in total.